The number of aliphatic hydroxyl groups is 1. The van der Waals surface area contributed by atoms with Crippen molar-refractivity contribution in [1.29, 1.82) is 0 Å². The summed E-state index contributed by atoms with van der Waals surface area (Å²) >= 11 is 5.98. The maximum Gasteiger partial charge on any atom is 0.341 e. The van der Waals surface area contributed by atoms with Gasteiger partial charge in [-0.1, -0.05) is 23.7 Å². The standard InChI is InChI=1S/C25H24ClN3O6/c1-14-21-18(23(30)19(24(31)32)13-28(21)17-6-7-17)12-20(29(34)35)22(14)27-10-8-25(33,9-11-27)15-2-4-16(26)5-3-15/h2-5,12-13,17,33H,6-11H2,1H3,(H,31,32). The van der Waals surface area contributed by atoms with Crippen molar-refractivity contribution < 1.29 is 19.9 Å². The average molecular weight is 498 g/mol. The third-order valence-corrected chi connectivity index (χ3v) is 7.41. The van der Waals surface area contributed by atoms with Crippen LogP contribution < -0.4 is 10.3 Å². The molecule has 0 unspecified atom stereocenters. The molecular weight excluding hydrogens is 474 g/mol. The van der Waals surface area contributed by atoms with Crippen molar-refractivity contribution in [2.75, 3.05) is 18.0 Å². The van der Waals surface area contributed by atoms with Crippen LogP contribution in [-0.4, -0.2) is 38.8 Å². The molecule has 0 spiro atoms. The number of nitrogens with zero attached hydrogens (tertiary/aromatic N) is 3. The van der Waals surface area contributed by atoms with Crippen molar-refractivity contribution in [2.24, 2.45) is 0 Å². The van der Waals surface area contributed by atoms with E-state index in [-0.39, 0.29) is 17.1 Å². The van der Waals surface area contributed by atoms with E-state index in [1.54, 1.807) is 35.8 Å². The second-order valence-electron chi connectivity index (χ2n) is 9.36. The van der Waals surface area contributed by atoms with Crippen molar-refractivity contribution >= 4 is 39.8 Å². The quantitative estimate of drug-likeness (QED) is 0.395. The van der Waals surface area contributed by atoms with Gasteiger partial charge in [0.25, 0.3) is 5.69 Å². The van der Waals surface area contributed by atoms with Crippen LogP contribution in [-0.2, 0) is 5.60 Å². The number of aromatic nitrogens is 1. The maximum absolute atomic E-state index is 13.0. The second kappa shape index (κ2) is 8.35. The van der Waals surface area contributed by atoms with Gasteiger partial charge in [-0.15, -0.1) is 0 Å². The smallest absolute Gasteiger partial charge is 0.341 e. The van der Waals surface area contributed by atoms with Crippen molar-refractivity contribution in [3.63, 3.8) is 0 Å². The van der Waals surface area contributed by atoms with E-state index in [4.69, 9.17) is 11.6 Å². The van der Waals surface area contributed by atoms with E-state index in [0.717, 1.165) is 18.4 Å². The van der Waals surface area contributed by atoms with Crippen LogP contribution in [0.4, 0.5) is 11.4 Å². The van der Waals surface area contributed by atoms with Crippen molar-refractivity contribution in [1.82, 2.24) is 4.57 Å². The minimum Gasteiger partial charge on any atom is -0.477 e. The number of hydrogen-bond donors (Lipinski definition) is 2. The van der Waals surface area contributed by atoms with Crippen LogP contribution in [0.1, 0.15) is 53.2 Å². The highest BCUT2D eigenvalue weighted by Crippen LogP contribution is 2.44. The lowest BCUT2D eigenvalue weighted by Gasteiger charge is -2.40. The Balaban J connectivity index is 1.62. The van der Waals surface area contributed by atoms with Gasteiger partial charge < -0.3 is 19.7 Å². The Morgan fingerprint density at radius 2 is 1.83 bits per heavy atom. The van der Waals surface area contributed by atoms with Gasteiger partial charge in [-0.3, -0.25) is 14.9 Å². The lowest BCUT2D eigenvalue weighted by atomic mass is 9.84. The molecular formula is C25H24ClN3O6. The SMILES string of the molecule is Cc1c(N2CCC(O)(c3ccc(Cl)cc3)CC2)c([N+](=O)[O-])cc2c(=O)c(C(=O)O)cn(C3CC3)c12. The number of fused-ring (bicyclic) bond motifs is 1. The highest BCUT2D eigenvalue weighted by molar-refractivity contribution is 6.30. The Labute approximate surface area is 205 Å². The number of nitro benzene ring substituents is 1. The molecule has 0 bridgehead atoms. The van der Waals surface area contributed by atoms with Crippen molar-refractivity contribution in [2.45, 2.75) is 44.2 Å². The molecule has 2 aliphatic rings. The Bertz CT molecular complexity index is 1420. The number of carbonyl (C=O) groups is 1. The minimum absolute atomic E-state index is 0.0411. The molecule has 3 aromatic rings. The molecule has 1 aliphatic carbocycles. The number of carboxylic acid groups (broad SMARTS) is 1. The number of piperidine rings is 1. The molecule has 2 aromatic carbocycles. The molecule has 0 amide bonds. The molecule has 9 nitrogen and oxygen atoms in total. The van der Waals surface area contributed by atoms with Gasteiger partial charge in [0, 0.05) is 42.0 Å². The van der Waals surface area contributed by atoms with E-state index in [1.165, 1.54) is 12.3 Å². The highest BCUT2D eigenvalue weighted by atomic mass is 35.5. The number of benzene rings is 2. The van der Waals surface area contributed by atoms with Gasteiger partial charge in [0.15, 0.2) is 0 Å². The molecule has 5 rings (SSSR count). The number of rotatable bonds is 5. The summed E-state index contributed by atoms with van der Waals surface area (Å²) in [6.07, 6.45) is 3.78. The molecule has 1 saturated heterocycles. The van der Waals surface area contributed by atoms with Gasteiger partial charge in [0.2, 0.25) is 5.43 Å². The van der Waals surface area contributed by atoms with Crippen LogP contribution in [0.2, 0.25) is 5.02 Å². The molecule has 0 radical (unpaired) electrons. The Hall–Kier alpha value is -3.43. The monoisotopic (exact) mass is 497 g/mol. The van der Waals surface area contributed by atoms with Gasteiger partial charge in [-0.05, 0) is 50.3 Å². The summed E-state index contributed by atoms with van der Waals surface area (Å²) in [5.74, 6) is -1.35. The zero-order valence-corrected chi connectivity index (χ0v) is 19.8. The molecule has 0 atom stereocenters. The predicted molar refractivity (Wildman–Crippen MR) is 132 cm³/mol. The van der Waals surface area contributed by atoms with E-state index in [0.29, 0.717) is 47.7 Å². The van der Waals surface area contributed by atoms with Crippen LogP contribution in [0, 0.1) is 17.0 Å². The Kier molecular flexibility index (Phi) is 5.56. The van der Waals surface area contributed by atoms with E-state index >= 15 is 0 Å². The van der Waals surface area contributed by atoms with Crippen molar-refractivity contribution in [3.8, 4) is 0 Å². The fraction of sp³-hybridized carbons (Fsp3) is 0.360. The molecule has 35 heavy (non-hydrogen) atoms. The highest BCUT2D eigenvalue weighted by Gasteiger charge is 2.37. The summed E-state index contributed by atoms with van der Waals surface area (Å²) in [6, 6.07) is 8.29. The summed E-state index contributed by atoms with van der Waals surface area (Å²) in [7, 11) is 0. The number of hydrogen-bond acceptors (Lipinski definition) is 6. The van der Waals surface area contributed by atoms with Crippen molar-refractivity contribution in [3.05, 3.63) is 78.6 Å². The topological polar surface area (TPSA) is 126 Å². The van der Waals surface area contributed by atoms with Crippen LogP contribution >= 0.6 is 11.6 Å². The zero-order chi connectivity index (χ0) is 25.1. The van der Waals surface area contributed by atoms with E-state index in [9.17, 15) is 29.9 Å². The molecule has 1 aliphatic heterocycles. The first-order valence-corrected chi connectivity index (χ1v) is 11.8. The van der Waals surface area contributed by atoms with E-state index in [1.807, 2.05) is 4.90 Å². The van der Waals surface area contributed by atoms with Gasteiger partial charge in [0.1, 0.15) is 11.3 Å². The number of halogens is 1. The molecule has 2 fully saturated rings. The fourth-order valence-corrected chi connectivity index (χ4v) is 5.30. The first-order chi connectivity index (χ1) is 16.6. The van der Waals surface area contributed by atoms with Crippen LogP contribution in [0.15, 0.2) is 41.3 Å². The third kappa shape index (κ3) is 3.94. The second-order valence-corrected chi connectivity index (χ2v) is 9.80. The number of anilines is 1. The van der Waals surface area contributed by atoms with Gasteiger partial charge in [-0.25, -0.2) is 4.79 Å². The lowest BCUT2D eigenvalue weighted by molar-refractivity contribution is -0.384. The van der Waals surface area contributed by atoms with Gasteiger partial charge in [-0.2, -0.15) is 0 Å². The van der Waals surface area contributed by atoms with Crippen LogP contribution in [0.25, 0.3) is 10.9 Å². The van der Waals surface area contributed by atoms with E-state index in [2.05, 4.69) is 0 Å². The molecule has 1 saturated carbocycles. The minimum atomic E-state index is -1.35. The summed E-state index contributed by atoms with van der Waals surface area (Å²) in [6.45, 7) is 2.48. The molecule has 2 heterocycles. The summed E-state index contributed by atoms with van der Waals surface area (Å²) in [4.78, 5) is 38.1. The maximum atomic E-state index is 13.0. The molecule has 10 heteroatoms. The largest absolute Gasteiger partial charge is 0.477 e. The summed E-state index contributed by atoms with van der Waals surface area (Å²) in [5.41, 5.74) is -0.197. The van der Waals surface area contributed by atoms with Crippen LogP contribution in [0.5, 0.6) is 0 Å². The number of pyridine rings is 1. The Morgan fingerprint density at radius 3 is 2.37 bits per heavy atom. The lowest BCUT2D eigenvalue weighted by Crippen LogP contribution is -2.43. The zero-order valence-electron chi connectivity index (χ0n) is 19.0. The summed E-state index contributed by atoms with van der Waals surface area (Å²) in [5, 5.41) is 33.5. The number of aryl methyl sites for hydroxylation is 1. The molecule has 182 valence electrons. The Morgan fingerprint density at radius 1 is 1.20 bits per heavy atom. The van der Waals surface area contributed by atoms with Gasteiger partial charge >= 0.3 is 5.97 Å². The third-order valence-electron chi connectivity index (χ3n) is 7.16. The first-order valence-electron chi connectivity index (χ1n) is 11.4. The molecule has 1 aromatic heterocycles. The van der Waals surface area contributed by atoms with E-state index < -0.39 is 27.5 Å². The number of aromatic carboxylic acids is 1. The normalized spacial score (nSPS) is 17.5. The fourth-order valence-electron chi connectivity index (χ4n) is 5.17. The molecule has 2 N–H and O–H groups in total. The first kappa shape index (κ1) is 23.3. The summed E-state index contributed by atoms with van der Waals surface area (Å²) < 4.78 is 1.79. The van der Waals surface area contributed by atoms with Crippen LogP contribution in [0.3, 0.4) is 0 Å². The number of nitro groups is 1. The predicted octanol–water partition coefficient (Wildman–Crippen LogP) is 4.39. The number of carboxylic acids is 1. The van der Waals surface area contributed by atoms with Gasteiger partial charge in [0.05, 0.1) is 21.4 Å². The average Bonchev–Trinajstić information content (AvgIpc) is 3.66.